The fourth-order valence-corrected chi connectivity index (χ4v) is 8.05. The highest BCUT2D eigenvalue weighted by Gasteiger charge is 2.54. The summed E-state index contributed by atoms with van der Waals surface area (Å²) in [6, 6.07) is 4.83. The molecular formula is C22H20ClF3N2O5S. The molecule has 34 heavy (non-hydrogen) atoms. The molecular weight excluding hydrogens is 497 g/mol. The van der Waals surface area contributed by atoms with Crippen LogP contribution in [0.2, 0.25) is 5.02 Å². The SMILES string of the molecule is NC(=O)OCC1CC2CCC1C2S(=O)(=O)c1cc(C(=O)Nc2cc(F)c(F)c(F)c2)ccc1Cl. The van der Waals surface area contributed by atoms with Crippen molar-refractivity contribution >= 4 is 39.1 Å². The van der Waals surface area contributed by atoms with E-state index in [1.54, 1.807) is 0 Å². The van der Waals surface area contributed by atoms with Crippen LogP contribution in [-0.2, 0) is 14.6 Å². The number of benzene rings is 2. The molecule has 4 atom stereocenters. The Morgan fingerprint density at radius 3 is 2.44 bits per heavy atom. The minimum absolute atomic E-state index is 0.0312. The Hall–Kier alpha value is -2.79. The van der Waals surface area contributed by atoms with Gasteiger partial charge in [0.15, 0.2) is 27.3 Å². The lowest BCUT2D eigenvalue weighted by atomic mass is 9.90. The summed E-state index contributed by atoms with van der Waals surface area (Å²) in [5.41, 5.74) is 4.57. The van der Waals surface area contributed by atoms with Crippen LogP contribution < -0.4 is 11.1 Å². The second-order valence-electron chi connectivity index (χ2n) is 8.49. The summed E-state index contributed by atoms with van der Waals surface area (Å²) in [6.45, 7) is 0.0312. The number of carbonyl (C=O) groups excluding carboxylic acids is 2. The highest BCUT2D eigenvalue weighted by molar-refractivity contribution is 7.92. The molecule has 2 aromatic rings. The van der Waals surface area contributed by atoms with Gasteiger partial charge in [0.05, 0.1) is 21.8 Å². The van der Waals surface area contributed by atoms with E-state index in [2.05, 4.69) is 5.32 Å². The van der Waals surface area contributed by atoms with Gasteiger partial charge in [-0.15, -0.1) is 0 Å². The van der Waals surface area contributed by atoms with Gasteiger partial charge in [0.2, 0.25) is 0 Å². The van der Waals surface area contributed by atoms with Crippen LogP contribution in [0.1, 0.15) is 29.6 Å². The Morgan fingerprint density at radius 2 is 1.79 bits per heavy atom. The van der Waals surface area contributed by atoms with Crippen LogP contribution in [-0.4, -0.2) is 32.3 Å². The van der Waals surface area contributed by atoms with Gasteiger partial charge in [-0.2, -0.15) is 0 Å². The number of hydrogen-bond donors (Lipinski definition) is 2. The topological polar surface area (TPSA) is 116 Å². The maximum Gasteiger partial charge on any atom is 0.404 e. The van der Waals surface area contributed by atoms with Crippen molar-refractivity contribution in [3.8, 4) is 0 Å². The van der Waals surface area contributed by atoms with E-state index in [-0.39, 0.29) is 45.5 Å². The zero-order chi connectivity index (χ0) is 24.8. The molecule has 2 aromatic carbocycles. The van der Waals surface area contributed by atoms with Crippen molar-refractivity contribution in [2.24, 2.45) is 23.5 Å². The van der Waals surface area contributed by atoms with Gasteiger partial charge in [0, 0.05) is 23.4 Å². The quantitative estimate of drug-likeness (QED) is 0.556. The van der Waals surface area contributed by atoms with E-state index >= 15 is 0 Å². The molecule has 0 aromatic heterocycles. The van der Waals surface area contributed by atoms with E-state index in [1.807, 2.05) is 0 Å². The Balaban J connectivity index is 1.59. The van der Waals surface area contributed by atoms with Crippen molar-refractivity contribution < 1.29 is 35.9 Å². The Kier molecular flexibility index (Phi) is 6.52. The average molecular weight is 517 g/mol. The normalized spacial score (nSPS) is 23.6. The van der Waals surface area contributed by atoms with Gasteiger partial charge in [0.1, 0.15) is 0 Å². The van der Waals surface area contributed by atoms with Crippen LogP contribution in [0.15, 0.2) is 35.2 Å². The van der Waals surface area contributed by atoms with Crippen molar-refractivity contribution in [3.63, 3.8) is 0 Å². The number of anilines is 1. The van der Waals surface area contributed by atoms with E-state index in [0.717, 1.165) is 6.07 Å². The minimum Gasteiger partial charge on any atom is -0.449 e. The van der Waals surface area contributed by atoms with Crippen molar-refractivity contribution in [2.45, 2.75) is 29.4 Å². The molecule has 3 N–H and O–H groups in total. The number of rotatable bonds is 6. The fourth-order valence-electron chi connectivity index (χ4n) is 5.11. The van der Waals surface area contributed by atoms with Gasteiger partial charge >= 0.3 is 6.09 Å². The molecule has 2 aliphatic rings. The molecule has 182 valence electrons. The van der Waals surface area contributed by atoms with Crippen LogP contribution in [0.4, 0.5) is 23.7 Å². The molecule has 0 saturated heterocycles. The first kappa shape index (κ1) is 24.3. The number of fused-ring (bicyclic) bond motifs is 2. The van der Waals surface area contributed by atoms with Crippen molar-refractivity contribution in [1.82, 2.24) is 0 Å². The third-order valence-electron chi connectivity index (χ3n) is 6.51. The number of primary amides is 1. The lowest BCUT2D eigenvalue weighted by Crippen LogP contribution is -2.29. The second kappa shape index (κ2) is 9.10. The highest BCUT2D eigenvalue weighted by atomic mass is 35.5. The monoisotopic (exact) mass is 516 g/mol. The van der Waals surface area contributed by atoms with Crippen LogP contribution in [0.25, 0.3) is 0 Å². The number of carbonyl (C=O) groups is 2. The molecule has 0 aliphatic heterocycles. The predicted octanol–water partition coefficient (Wildman–Crippen LogP) is 4.29. The zero-order valence-electron chi connectivity index (χ0n) is 17.6. The molecule has 2 bridgehead atoms. The predicted molar refractivity (Wildman–Crippen MR) is 117 cm³/mol. The van der Waals surface area contributed by atoms with Gasteiger partial charge < -0.3 is 15.8 Å². The first-order valence-corrected chi connectivity index (χ1v) is 12.3. The van der Waals surface area contributed by atoms with E-state index in [4.69, 9.17) is 22.1 Å². The number of nitrogens with one attached hydrogen (secondary N) is 1. The molecule has 0 heterocycles. The first-order chi connectivity index (χ1) is 16.0. The van der Waals surface area contributed by atoms with E-state index in [0.29, 0.717) is 31.4 Å². The minimum atomic E-state index is -3.98. The van der Waals surface area contributed by atoms with Crippen molar-refractivity contribution in [1.29, 1.82) is 0 Å². The van der Waals surface area contributed by atoms with Crippen molar-refractivity contribution in [3.05, 3.63) is 58.4 Å². The number of hydrogen-bond acceptors (Lipinski definition) is 5. The van der Waals surface area contributed by atoms with Crippen LogP contribution in [0.3, 0.4) is 0 Å². The molecule has 2 aliphatic carbocycles. The lowest BCUT2D eigenvalue weighted by Gasteiger charge is -2.22. The summed E-state index contributed by atoms with van der Waals surface area (Å²) in [4.78, 5) is 23.3. The summed E-state index contributed by atoms with van der Waals surface area (Å²) in [5, 5.41) is 1.38. The van der Waals surface area contributed by atoms with Gasteiger partial charge in [-0.1, -0.05) is 11.6 Å². The highest BCUT2D eigenvalue weighted by Crippen LogP contribution is 2.53. The third kappa shape index (κ3) is 4.46. The smallest absolute Gasteiger partial charge is 0.404 e. The molecule has 0 radical (unpaired) electrons. The summed E-state index contributed by atoms with van der Waals surface area (Å²) in [7, 11) is -3.98. The first-order valence-electron chi connectivity index (χ1n) is 10.4. The molecule has 2 amide bonds. The molecule has 2 fully saturated rings. The molecule has 0 spiro atoms. The summed E-state index contributed by atoms with van der Waals surface area (Å²) in [5.74, 6) is -6.07. The Bertz CT molecular complexity index is 1250. The number of halogens is 4. The summed E-state index contributed by atoms with van der Waals surface area (Å²) in [6.07, 6.45) is 0.966. The summed E-state index contributed by atoms with van der Waals surface area (Å²) >= 11 is 6.20. The maximum absolute atomic E-state index is 13.6. The molecule has 7 nitrogen and oxygen atoms in total. The second-order valence-corrected chi connectivity index (χ2v) is 11.0. The van der Waals surface area contributed by atoms with E-state index < -0.39 is 44.5 Å². The van der Waals surface area contributed by atoms with Gasteiger partial charge in [-0.3, -0.25) is 4.79 Å². The number of sulfone groups is 1. The Morgan fingerprint density at radius 1 is 1.12 bits per heavy atom. The van der Waals surface area contributed by atoms with Crippen molar-refractivity contribution in [2.75, 3.05) is 11.9 Å². The number of nitrogens with two attached hydrogens (primary N) is 1. The van der Waals surface area contributed by atoms with E-state index in [9.17, 15) is 31.2 Å². The van der Waals surface area contributed by atoms with Gasteiger partial charge in [-0.05, 0) is 55.2 Å². The largest absolute Gasteiger partial charge is 0.449 e. The standard InChI is InChI=1S/C22H20ClF3N2O5S/c23-15-4-2-11(21(29)28-13-7-16(24)19(26)17(25)8-13)6-18(15)34(31,32)20-10-1-3-14(20)12(5-10)9-33-22(27)30/h2,4,6-8,10,12,14,20H,1,3,5,9H2,(H2,27,30)(H,28,29). The molecule has 4 rings (SSSR count). The fraction of sp³-hybridized carbons (Fsp3) is 0.364. The van der Waals surface area contributed by atoms with Crippen LogP contribution in [0, 0.1) is 35.2 Å². The molecule has 12 heteroatoms. The molecule has 4 unspecified atom stereocenters. The Labute approximate surface area is 198 Å². The van der Waals surface area contributed by atoms with Crippen LogP contribution in [0.5, 0.6) is 0 Å². The number of ether oxygens (including phenoxy) is 1. The third-order valence-corrected chi connectivity index (χ3v) is 9.35. The lowest BCUT2D eigenvalue weighted by molar-refractivity contribution is 0.102. The molecule has 2 saturated carbocycles. The summed E-state index contributed by atoms with van der Waals surface area (Å²) < 4.78 is 72.1. The average Bonchev–Trinajstić information content (AvgIpc) is 3.35. The number of amides is 2. The maximum atomic E-state index is 13.6. The van der Waals surface area contributed by atoms with Gasteiger partial charge in [0.25, 0.3) is 5.91 Å². The zero-order valence-corrected chi connectivity index (χ0v) is 19.1. The van der Waals surface area contributed by atoms with Crippen LogP contribution >= 0.6 is 11.6 Å². The van der Waals surface area contributed by atoms with Gasteiger partial charge in [-0.25, -0.2) is 26.4 Å². The van der Waals surface area contributed by atoms with E-state index in [1.165, 1.54) is 12.1 Å².